The summed E-state index contributed by atoms with van der Waals surface area (Å²) in [5.41, 5.74) is 0.757. The highest BCUT2D eigenvalue weighted by Crippen LogP contribution is 2.37. The van der Waals surface area contributed by atoms with Crippen LogP contribution in [0.3, 0.4) is 0 Å². The van der Waals surface area contributed by atoms with E-state index in [2.05, 4.69) is 9.80 Å². The van der Waals surface area contributed by atoms with Crippen molar-refractivity contribution >= 4 is 16.7 Å². The molecular weight excluding hydrogens is 344 g/mol. The normalized spacial score (nSPS) is 17.1. The molecule has 0 aromatic heterocycles. The summed E-state index contributed by atoms with van der Waals surface area (Å²) in [6, 6.07) is 11.1. The van der Waals surface area contributed by atoms with Gasteiger partial charge < -0.3 is 14.6 Å². The third kappa shape index (κ3) is 4.40. The number of carboxylic acids is 1. The quantitative estimate of drug-likeness (QED) is 0.769. The number of benzene rings is 2. The zero-order valence-corrected chi connectivity index (χ0v) is 16.1. The van der Waals surface area contributed by atoms with Crippen molar-refractivity contribution in [1.29, 1.82) is 0 Å². The van der Waals surface area contributed by atoms with E-state index in [0.717, 1.165) is 36.0 Å². The first kappa shape index (κ1) is 19.6. The van der Waals surface area contributed by atoms with Gasteiger partial charge in [-0.3, -0.25) is 14.6 Å². The molecule has 1 aliphatic rings. The van der Waals surface area contributed by atoms with Gasteiger partial charge in [0.15, 0.2) is 0 Å². The Morgan fingerprint density at radius 1 is 1.15 bits per heavy atom. The second kappa shape index (κ2) is 9.17. The van der Waals surface area contributed by atoms with E-state index in [1.165, 1.54) is 0 Å². The van der Waals surface area contributed by atoms with Gasteiger partial charge in [-0.15, -0.1) is 0 Å². The lowest BCUT2D eigenvalue weighted by Gasteiger charge is -2.38. The fraction of sp³-hybridized carbons (Fsp3) is 0.476. The Morgan fingerprint density at radius 3 is 2.56 bits per heavy atom. The van der Waals surface area contributed by atoms with Gasteiger partial charge in [-0.25, -0.2) is 0 Å². The predicted molar refractivity (Wildman–Crippen MR) is 105 cm³/mol. The lowest BCUT2D eigenvalue weighted by atomic mass is 9.96. The topological polar surface area (TPSA) is 62.2 Å². The number of piperazine rings is 1. The number of fused-ring (bicyclic) bond motifs is 1. The molecule has 27 heavy (non-hydrogen) atoms. The van der Waals surface area contributed by atoms with E-state index in [1.807, 2.05) is 43.3 Å². The van der Waals surface area contributed by atoms with E-state index < -0.39 is 12.0 Å². The second-order valence-corrected chi connectivity index (χ2v) is 6.74. The van der Waals surface area contributed by atoms with Crippen LogP contribution in [0.25, 0.3) is 10.8 Å². The number of carbonyl (C=O) groups is 1. The number of hydrogen-bond acceptors (Lipinski definition) is 5. The monoisotopic (exact) mass is 372 g/mol. The van der Waals surface area contributed by atoms with E-state index in [-0.39, 0.29) is 0 Å². The molecule has 1 N–H and O–H groups in total. The van der Waals surface area contributed by atoms with Crippen molar-refractivity contribution in [1.82, 2.24) is 9.80 Å². The molecular formula is C21H28N2O4. The summed E-state index contributed by atoms with van der Waals surface area (Å²) in [6.45, 7) is 7.07. The highest BCUT2D eigenvalue weighted by atomic mass is 16.5. The van der Waals surface area contributed by atoms with E-state index in [4.69, 9.17) is 9.47 Å². The van der Waals surface area contributed by atoms with Crippen molar-refractivity contribution in [3.8, 4) is 5.75 Å². The fourth-order valence-electron chi connectivity index (χ4n) is 3.77. The first-order valence-electron chi connectivity index (χ1n) is 9.48. The third-order valence-corrected chi connectivity index (χ3v) is 5.12. The molecule has 1 heterocycles. The maximum absolute atomic E-state index is 12.3. The van der Waals surface area contributed by atoms with Gasteiger partial charge in [-0.1, -0.05) is 30.3 Å². The van der Waals surface area contributed by atoms with Crippen molar-refractivity contribution in [2.75, 3.05) is 53.0 Å². The average Bonchev–Trinajstić information content (AvgIpc) is 2.69. The molecule has 0 bridgehead atoms. The molecule has 3 rings (SSSR count). The largest absolute Gasteiger partial charge is 0.493 e. The molecule has 1 saturated heterocycles. The molecule has 0 amide bonds. The number of hydrogen-bond donors (Lipinski definition) is 1. The minimum Gasteiger partial charge on any atom is -0.493 e. The van der Waals surface area contributed by atoms with Gasteiger partial charge in [-0.2, -0.15) is 0 Å². The number of aliphatic carboxylic acids is 1. The summed E-state index contributed by atoms with van der Waals surface area (Å²) in [7, 11) is 1.70. The summed E-state index contributed by atoms with van der Waals surface area (Å²) in [5, 5.41) is 12.1. The van der Waals surface area contributed by atoms with Gasteiger partial charge in [0.05, 0.1) is 13.2 Å². The summed E-state index contributed by atoms with van der Waals surface area (Å²) < 4.78 is 11.0. The standard InChI is InChI=1S/C21H28N2O4/c1-3-27-18-9-8-16-6-4-5-7-17(16)19(18)20(21(24)25)23-12-10-22(11-13-23)14-15-26-2/h4-9,20H,3,10-15H2,1-2H3,(H,24,25)/t20-/m0/s1. The number of rotatable bonds is 8. The lowest BCUT2D eigenvalue weighted by molar-refractivity contribution is -0.144. The van der Waals surface area contributed by atoms with Crippen LogP contribution in [0.4, 0.5) is 0 Å². The minimum absolute atomic E-state index is 0.502. The zero-order valence-electron chi connectivity index (χ0n) is 16.1. The van der Waals surface area contributed by atoms with E-state index in [9.17, 15) is 9.90 Å². The summed E-state index contributed by atoms with van der Waals surface area (Å²) in [6.07, 6.45) is 0. The molecule has 1 fully saturated rings. The molecule has 1 atom stereocenters. The van der Waals surface area contributed by atoms with Crippen LogP contribution < -0.4 is 4.74 Å². The van der Waals surface area contributed by atoms with Gasteiger partial charge in [0.25, 0.3) is 0 Å². The van der Waals surface area contributed by atoms with E-state index in [0.29, 0.717) is 32.1 Å². The Hall–Kier alpha value is -2.15. The summed E-state index contributed by atoms with van der Waals surface area (Å²) >= 11 is 0. The predicted octanol–water partition coefficient (Wildman–Crippen LogP) is 2.63. The maximum atomic E-state index is 12.3. The van der Waals surface area contributed by atoms with Crippen molar-refractivity contribution in [3.63, 3.8) is 0 Å². The van der Waals surface area contributed by atoms with Crippen LogP contribution in [-0.2, 0) is 9.53 Å². The Labute approximate surface area is 160 Å². The Kier molecular flexibility index (Phi) is 6.66. The van der Waals surface area contributed by atoms with E-state index in [1.54, 1.807) is 7.11 Å². The molecule has 1 aliphatic heterocycles. The molecule has 0 aliphatic carbocycles. The van der Waals surface area contributed by atoms with E-state index >= 15 is 0 Å². The van der Waals surface area contributed by atoms with Crippen LogP contribution >= 0.6 is 0 Å². The molecule has 146 valence electrons. The highest BCUT2D eigenvalue weighted by molar-refractivity contribution is 5.92. The summed E-state index contributed by atoms with van der Waals surface area (Å²) in [5.74, 6) is -0.178. The van der Waals surface area contributed by atoms with Gasteiger partial charge in [-0.05, 0) is 23.8 Å². The molecule has 2 aromatic carbocycles. The van der Waals surface area contributed by atoms with Crippen LogP contribution in [0.5, 0.6) is 5.75 Å². The highest BCUT2D eigenvalue weighted by Gasteiger charge is 2.33. The maximum Gasteiger partial charge on any atom is 0.325 e. The molecule has 0 radical (unpaired) electrons. The van der Waals surface area contributed by atoms with Crippen molar-refractivity contribution in [2.45, 2.75) is 13.0 Å². The second-order valence-electron chi connectivity index (χ2n) is 6.74. The van der Waals surface area contributed by atoms with Crippen LogP contribution in [0.1, 0.15) is 18.5 Å². The number of ether oxygens (including phenoxy) is 2. The van der Waals surface area contributed by atoms with Crippen molar-refractivity contribution in [3.05, 3.63) is 42.0 Å². The first-order chi connectivity index (χ1) is 13.2. The molecule has 0 saturated carbocycles. The molecule has 0 unspecified atom stereocenters. The lowest BCUT2D eigenvalue weighted by Crippen LogP contribution is -2.50. The first-order valence-corrected chi connectivity index (χ1v) is 9.48. The number of methoxy groups -OCH3 is 1. The van der Waals surface area contributed by atoms with Crippen LogP contribution in [0, 0.1) is 0 Å². The molecule has 0 spiro atoms. The van der Waals surface area contributed by atoms with Crippen LogP contribution in [-0.4, -0.2) is 73.9 Å². The molecule has 6 nitrogen and oxygen atoms in total. The Bertz CT molecular complexity index is 772. The fourth-order valence-corrected chi connectivity index (χ4v) is 3.77. The summed E-state index contributed by atoms with van der Waals surface area (Å²) in [4.78, 5) is 16.7. The molecule has 6 heteroatoms. The van der Waals surface area contributed by atoms with Gasteiger partial charge in [0.2, 0.25) is 0 Å². The van der Waals surface area contributed by atoms with Gasteiger partial charge >= 0.3 is 5.97 Å². The SMILES string of the molecule is CCOc1ccc2ccccc2c1[C@@H](C(=O)O)N1CCN(CCOC)CC1. The minimum atomic E-state index is -0.836. The van der Waals surface area contributed by atoms with Crippen molar-refractivity contribution < 1.29 is 19.4 Å². The van der Waals surface area contributed by atoms with Crippen LogP contribution in [0.15, 0.2) is 36.4 Å². The Balaban J connectivity index is 1.93. The zero-order chi connectivity index (χ0) is 19.2. The van der Waals surface area contributed by atoms with Crippen molar-refractivity contribution in [2.24, 2.45) is 0 Å². The van der Waals surface area contributed by atoms with Gasteiger partial charge in [0, 0.05) is 45.4 Å². The van der Waals surface area contributed by atoms with Crippen LogP contribution in [0.2, 0.25) is 0 Å². The van der Waals surface area contributed by atoms with Gasteiger partial charge in [0.1, 0.15) is 11.8 Å². The smallest absolute Gasteiger partial charge is 0.325 e. The number of carboxylic acid groups (broad SMARTS) is 1. The molecule has 2 aromatic rings. The Morgan fingerprint density at radius 2 is 1.89 bits per heavy atom. The number of nitrogens with zero attached hydrogens (tertiary/aromatic N) is 2. The average molecular weight is 372 g/mol. The third-order valence-electron chi connectivity index (χ3n) is 5.12.